The van der Waals surface area contributed by atoms with E-state index >= 15 is 0 Å². The molecule has 3 aromatic rings. The van der Waals surface area contributed by atoms with Crippen molar-refractivity contribution in [3.05, 3.63) is 83.4 Å². The number of imide groups is 1. The van der Waals surface area contributed by atoms with Gasteiger partial charge in [0.25, 0.3) is 17.7 Å². The number of nitrogens with one attached hydrogen (secondary N) is 2. The van der Waals surface area contributed by atoms with Gasteiger partial charge in [0, 0.05) is 17.6 Å². The van der Waals surface area contributed by atoms with Crippen molar-refractivity contribution in [3.8, 4) is 11.5 Å². The van der Waals surface area contributed by atoms with Gasteiger partial charge in [-0.1, -0.05) is 74.7 Å². The number of benzene rings is 3. The van der Waals surface area contributed by atoms with Crippen molar-refractivity contribution >= 4 is 40.9 Å². The van der Waals surface area contributed by atoms with Gasteiger partial charge in [-0.2, -0.15) is 0 Å². The highest BCUT2D eigenvalue weighted by molar-refractivity contribution is 6.19. The van der Waals surface area contributed by atoms with Crippen LogP contribution in [0.5, 0.6) is 11.5 Å². The van der Waals surface area contributed by atoms with E-state index in [1.807, 2.05) is 69.3 Å². The summed E-state index contributed by atoms with van der Waals surface area (Å²) in [6, 6.07) is 17.2. The number of ether oxygens (including phenoxy) is 2. The number of amides is 5. The zero-order valence-corrected chi connectivity index (χ0v) is 28.7. The maximum atomic E-state index is 14.2. The van der Waals surface area contributed by atoms with Crippen LogP contribution >= 0.6 is 0 Å². The minimum absolute atomic E-state index is 0.156. The lowest BCUT2D eigenvalue weighted by Gasteiger charge is -2.31. The van der Waals surface area contributed by atoms with Crippen LogP contribution < -0.4 is 20.1 Å². The van der Waals surface area contributed by atoms with Crippen LogP contribution in [0, 0.1) is 19.3 Å². The molecule has 2 N–H and O–H groups in total. The normalized spacial score (nSPS) is 16.7. The van der Waals surface area contributed by atoms with E-state index in [1.165, 1.54) is 18.1 Å². The first-order chi connectivity index (χ1) is 23.4. The van der Waals surface area contributed by atoms with Crippen molar-refractivity contribution in [2.75, 3.05) is 24.3 Å². The zero-order chi connectivity index (χ0) is 35.3. The molecule has 1 aliphatic carbocycles. The average Bonchev–Trinajstić information content (AvgIpc) is 3.64. The van der Waals surface area contributed by atoms with Crippen molar-refractivity contribution < 1.29 is 33.4 Å². The molecule has 258 valence electrons. The molecule has 1 saturated heterocycles. The number of hydrogen-bond acceptors (Lipinski definition) is 7. The second-order valence-corrected chi connectivity index (χ2v) is 13.1. The molecule has 0 bridgehead atoms. The van der Waals surface area contributed by atoms with Crippen LogP contribution in [0.1, 0.15) is 62.6 Å². The number of rotatable bonds is 13. The number of methoxy groups -OCH3 is 1. The minimum Gasteiger partial charge on any atom is -0.495 e. The van der Waals surface area contributed by atoms with Gasteiger partial charge in [0.2, 0.25) is 0 Å². The summed E-state index contributed by atoms with van der Waals surface area (Å²) in [5, 5.41) is 5.59. The van der Waals surface area contributed by atoms with Crippen molar-refractivity contribution in [2.24, 2.45) is 5.41 Å². The van der Waals surface area contributed by atoms with Crippen LogP contribution in [0.4, 0.5) is 16.2 Å². The predicted octanol–water partition coefficient (Wildman–Crippen LogP) is 6.03. The molecule has 1 heterocycles. The van der Waals surface area contributed by atoms with E-state index in [9.17, 15) is 24.0 Å². The first-order valence-corrected chi connectivity index (χ1v) is 16.7. The molecular weight excluding hydrogens is 624 g/mol. The molecule has 2 unspecified atom stereocenters. The number of anilines is 2. The largest absolute Gasteiger partial charge is 0.495 e. The minimum atomic E-state index is -1.69. The molecule has 5 rings (SSSR count). The first-order valence-electron chi connectivity index (χ1n) is 16.7. The van der Waals surface area contributed by atoms with Crippen LogP contribution in [0.15, 0.2) is 66.7 Å². The van der Waals surface area contributed by atoms with Crippen molar-refractivity contribution in [3.63, 3.8) is 0 Å². The van der Waals surface area contributed by atoms with Gasteiger partial charge in [-0.3, -0.25) is 19.2 Å². The summed E-state index contributed by atoms with van der Waals surface area (Å²) in [4.78, 5) is 70.9. The molecule has 5 amide bonds. The summed E-state index contributed by atoms with van der Waals surface area (Å²) in [5.74, 6) is -1.48. The van der Waals surface area contributed by atoms with Gasteiger partial charge >= 0.3 is 6.03 Å². The highest BCUT2D eigenvalue weighted by atomic mass is 16.5. The van der Waals surface area contributed by atoms with Crippen molar-refractivity contribution in [1.82, 2.24) is 9.80 Å². The molecule has 1 saturated carbocycles. The Morgan fingerprint density at radius 1 is 0.898 bits per heavy atom. The molecule has 2 atom stereocenters. The summed E-state index contributed by atoms with van der Waals surface area (Å²) in [6.07, 6.45) is 2.32. The number of nitrogens with zero attached hydrogens (tertiary/aromatic N) is 2. The summed E-state index contributed by atoms with van der Waals surface area (Å²) >= 11 is 0. The molecule has 0 aromatic heterocycles. The van der Waals surface area contributed by atoms with E-state index in [4.69, 9.17) is 9.47 Å². The van der Waals surface area contributed by atoms with Crippen LogP contribution in [0.25, 0.3) is 0 Å². The molecule has 2 fully saturated rings. The highest BCUT2D eigenvalue weighted by Crippen LogP contribution is 2.41. The van der Waals surface area contributed by atoms with Crippen LogP contribution in [0.2, 0.25) is 0 Å². The molecular formula is C38H44N4O7. The lowest BCUT2D eigenvalue weighted by Crippen LogP contribution is -2.55. The number of Topliss-reactive ketones (excluding diaryl/α,β-unsaturated/α-hetero) is 1. The van der Waals surface area contributed by atoms with Crippen molar-refractivity contribution in [1.29, 1.82) is 0 Å². The van der Waals surface area contributed by atoms with E-state index < -0.39 is 41.2 Å². The van der Waals surface area contributed by atoms with Gasteiger partial charge in [-0.05, 0) is 68.5 Å². The second-order valence-electron chi connectivity index (χ2n) is 13.1. The van der Waals surface area contributed by atoms with E-state index in [1.54, 1.807) is 19.1 Å². The summed E-state index contributed by atoms with van der Waals surface area (Å²) in [5.41, 5.74) is 2.43. The second kappa shape index (κ2) is 14.9. The molecule has 0 spiro atoms. The van der Waals surface area contributed by atoms with E-state index in [0.717, 1.165) is 34.4 Å². The van der Waals surface area contributed by atoms with Crippen molar-refractivity contribution in [2.45, 2.75) is 78.5 Å². The standard InChI is InChI=1S/C38H44N4O7/c1-6-29(49-30-16-14-24(2)20-25(30)3)35(45)39-27-15-17-31(48-5)28(21-27)40-36(46)33(34(44)38(4)18-10-11-19-38)42-32(43)23-41(37(42)47)22-26-12-8-7-9-13-26/h7-9,12-17,20-21,29,33H,6,10-11,18-19,22-23H2,1-5H3,(H,39,45)(H,40,46). The SMILES string of the molecule is CCC(Oc1ccc(C)cc1C)C(=O)Nc1ccc(OC)c(NC(=O)C(C(=O)C2(C)CCCC2)N2C(=O)CN(Cc3ccccc3)C2=O)c1. The fourth-order valence-corrected chi connectivity index (χ4v) is 6.55. The Morgan fingerprint density at radius 3 is 2.24 bits per heavy atom. The third kappa shape index (κ3) is 7.77. The van der Waals surface area contributed by atoms with Gasteiger partial charge < -0.3 is 25.0 Å². The molecule has 3 aromatic carbocycles. The smallest absolute Gasteiger partial charge is 0.328 e. The fourth-order valence-electron chi connectivity index (χ4n) is 6.55. The Hall–Kier alpha value is -5.19. The van der Waals surface area contributed by atoms with Gasteiger partial charge in [-0.15, -0.1) is 0 Å². The zero-order valence-electron chi connectivity index (χ0n) is 28.7. The van der Waals surface area contributed by atoms with Crippen LogP contribution in [-0.2, 0) is 25.7 Å². The number of urea groups is 1. The molecule has 11 heteroatoms. The number of carbonyl (C=O) groups is 5. The molecule has 2 aliphatic rings. The van der Waals surface area contributed by atoms with E-state index in [2.05, 4.69) is 10.6 Å². The maximum absolute atomic E-state index is 14.2. The van der Waals surface area contributed by atoms with E-state index in [0.29, 0.717) is 30.7 Å². The lowest BCUT2D eigenvalue weighted by molar-refractivity contribution is -0.143. The van der Waals surface area contributed by atoms with Gasteiger partial charge in [0.05, 0.1) is 12.8 Å². The van der Waals surface area contributed by atoms with E-state index in [-0.39, 0.29) is 30.4 Å². The Balaban J connectivity index is 1.39. The summed E-state index contributed by atoms with van der Waals surface area (Å²) in [6.45, 7) is 7.43. The first kappa shape index (κ1) is 35.1. The van der Waals surface area contributed by atoms with Crippen LogP contribution in [-0.4, -0.2) is 65.1 Å². The molecule has 11 nitrogen and oxygen atoms in total. The number of aryl methyl sites for hydroxylation is 2. The molecule has 1 aliphatic heterocycles. The Labute approximate surface area is 286 Å². The summed E-state index contributed by atoms with van der Waals surface area (Å²) in [7, 11) is 1.42. The maximum Gasteiger partial charge on any atom is 0.328 e. The number of hydrogen-bond donors (Lipinski definition) is 2. The average molecular weight is 669 g/mol. The number of carbonyl (C=O) groups excluding carboxylic acids is 5. The monoisotopic (exact) mass is 668 g/mol. The third-order valence-electron chi connectivity index (χ3n) is 9.33. The topological polar surface area (TPSA) is 134 Å². The third-order valence-corrected chi connectivity index (χ3v) is 9.33. The predicted molar refractivity (Wildman–Crippen MR) is 185 cm³/mol. The van der Waals surface area contributed by atoms with Crippen LogP contribution in [0.3, 0.4) is 0 Å². The number of ketones is 1. The van der Waals surface area contributed by atoms with Gasteiger partial charge in [0.1, 0.15) is 18.0 Å². The Kier molecular flexibility index (Phi) is 10.7. The Bertz CT molecular complexity index is 1740. The molecule has 49 heavy (non-hydrogen) atoms. The summed E-state index contributed by atoms with van der Waals surface area (Å²) < 4.78 is 11.5. The quantitative estimate of drug-likeness (QED) is 0.168. The molecule has 0 radical (unpaired) electrons. The highest BCUT2D eigenvalue weighted by Gasteiger charge is 2.51. The van der Waals surface area contributed by atoms with Gasteiger partial charge in [-0.25, -0.2) is 9.69 Å². The Morgan fingerprint density at radius 2 is 1.59 bits per heavy atom. The fraction of sp³-hybridized carbons (Fsp3) is 0.395. The lowest BCUT2D eigenvalue weighted by atomic mass is 9.80. The van der Waals surface area contributed by atoms with Gasteiger partial charge in [0.15, 0.2) is 17.9 Å².